The van der Waals surface area contributed by atoms with Crippen molar-refractivity contribution < 1.29 is 23.1 Å². The average Bonchev–Trinajstić information content (AvgIpc) is 2.35. The van der Waals surface area contributed by atoms with Crippen LogP contribution in [0.2, 0.25) is 0 Å². The van der Waals surface area contributed by atoms with E-state index in [9.17, 15) is 18.0 Å². The van der Waals surface area contributed by atoms with Gasteiger partial charge in [0.25, 0.3) is 0 Å². The Balaban J connectivity index is 2.83. The molecule has 1 atom stereocenters. The highest BCUT2D eigenvalue weighted by Crippen LogP contribution is 2.19. The van der Waals surface area contributed by atoms with Gasteiger partial charge in [0.2, 0.25) is 15.9 Å². The van der Waals surface area contributed by atoms with Crippen molar-refractivity contribution >= 4 is 27.6 Å². The Morgan fingerprint density at radius 2 is 1.68 bits per heavy atom. The molecule has 0 bridgehead atoms. The number of nitrogens with one attached hydrogen (secondary N) is 2. The van der Waals surface area contributed by atoms with Gasteiger partial charge in [0.15, 0.2) is 0 Å². The molecule has 7 nitrogen and oxygen atoms in total. The maximum atomic E-state index is 12.1. The monoisotopic (exact) mass is 328 g/mol. The fourth-order valence-electron chi connectivity index (χ4n) is 1.79. The molecule has 1 aromatic carbocycles. The van der Waals surface area contributed by atoms with E-state index in [1.807, 2.05) is 0 Å². The fourth-order valence-corrected chi connectivity index (χ4v) is 2.81. The third-order valence-corrected chi connectivity index (χ3v) is 3.93. The molecule has 1 rings (SSSR count). The molecule has 0 fully saturated rings. The van der Waals surface area contributed by atoms with Crippen molar-refractivity contribution in [3.05, 3.63) is 29.8 Å². The van der Waals surface area contributed by atoms with Crippen LogP contribution in [-0.2, 0) is 19.6 Å². The lowest BCUT2D eigenvalue weighted by molar-refractivity contribution is -0.138. The van der Waals surface area contributed by atoms with Gasteiger partial charge in [-0.05, 0) is 38.5 Å². The first kappa shape index (κ1) is 18.1. The number of sulfonamides is 1. The summed E-state index contributed by atoms with van der Waals surface area (Å²) >= 11 is 0. The van der Waals surface area contributed by atoms with Crippen molar-refractivity contribution in [1.29, 1.82) is 0 Å². The molecule has 0 radical (unpaired) electrons. The molecule has 8 heteroatoms. The Morgan fingerprint density at radius 1 is 1.18 bits per heavy atom. The molecule has 0 aromatic heterocycles. The Morgan fingerprint density at radius 3 is 2.09 bits per heavy atom. The number of rotatable bonds is 6. The van der Waals surface area contributed by atoms with Gasteiger partial charge in [0.05, 0.1) is 12.2 Å². The number of hydrogen-bond acceptors (Lipinski definition) is 4. The molecule has 0 aliphatic rings. The van der Waals surface area contributed by atoms with Crippen LogP contribution in [0.3, 0.4) is 0 Å². The Bertz CT molecular complexity index is 665. The van der Waals surface area contributed by atoms with Crippen LogP contribution in [0, 0.1) is 0 Å². The minimum absolute atomic E-state index is 0.453. The zero-order valence-electron chi connectivity index (χ0n) is 12.9. The van der Waals surface area contributed by atoms with Gasteiger partial charge in [0.1, 0.15) is 5.54 Å². The van der Waals surface area contributed by atoms with Crippen LogP contribution in [0.1, 0.15) is 32.3 Å². The van der Waals surface area contributed by atoms with Crippen molar-refractivity contribution in [2.45, 2.75) is 32.2 Å². The van der Waals surface area contributed by atoms with Crippen LogP contribution >= 0.6 is 0 Å². The van der Waals surface area contributed by atoms with E-state index < -0.39 is 33.4 Å². The quantitative estimate of drug-likeness (QED) is 0.725. The van der Waals surface area contributed by atoms with Gasteiger partial charge in [-0.25, -0.2) is 13.1 Å². The van der Waals surface area contributed by atoms with E-state index in [1.54, 1.807) is 31.2 Å². The van der Waals surface area contributed by atoms with Crippen LogP contribution in [0.25, 0.3) is 0 Å². The summed E-state index contributed by atoms with van der Waals surface area (Å²) in [4.78, 5) is 23.0. The maximum Gasteiger partial charge on any atom is 0.310 e. The van der Waals surface area contributed by atoms with Crippen LogP contribution < -0.4 is 10.0 Å². The average molecular weight is 328 g/mol. The number of anilines is 1. The minimum Gasteiger partial charge on any atom is -0.481 e. The molecule has 0 heterocycles. The molecule has 1 amide bonds. The first-order chi connectivity index (χ1) is 9.92. The number of aliphatic carboxylic acids is 1. The van der Waals surface area contributed by atoms with Crippen molar-refractivity contribution in [2.75, 3.05) is 11.6 Å². The predicted octanol–water partition coefficient (Wildman–Crippen LogP) is 1.14. The standard InChI is InChI=1S/C14H20N2O5S/c1-9(12(17)18)10-5-7-11(8-6-10)15-13(19)14(2,3)16-22(4,20)21/h5-9,16H,1-4H3,(H,15,19)(H,17,18). The molecule has 0 aliphatic heterocycles. The van der Waals surface area contributed by atoms with Gasteiger partial charge in [-0.1, -0.05) is 12.1 Å². The SMILES string of the molecule is CC(C(=O)O)c1ccc(NC(=O)C(C)(C)NS(C)(=O)=O)cc1. The normalized spacial score (nSPS) is 13.5. The second-order valence-electron chi connectivity index (χ2n) is 5.64. The van der Waals surface area contributed by atoms with Gasteiger partial charge < -0.3 is 10.4 Å². The highest BCUT2D eigenvalue weighted by atomic mass is 32.2. The summed E-state index contributed by atoms with van der Waals surface area (Å²) < 4.78 is 24.7. The van der Waals surface area contributed by atoms with Crippen molar-refractivity contribution in [3.63, 3.8) is 0 Å². The molecule has 1 unspecified atom stereocenters. The predicted molar refractivity (Wildman–Crippen MR) is 83.2 cm³/mol. The summed E-state index contributed by atoms with van der Waals surface area (Å²) in [5.41, 5.74) is -0.241. The largest absolute Gasteiger partial charge is 0.481 e. The summed E-state index contributed by atoms with van der Waals surface area (Å²) in [7, 11) is -3.52. The second kappa shape index (κ2) is 6.45. The Kier molecular flexibility index (Phi) is 5.31. The molecule has 0 aliphatic carbocycles. The zero-order chi connectivity index (χ0) is 17.1. The molecule has 1 aromatic rings. The lowest BCUT2D eigenvalue weighted by atomic mass is 10.0. The smallest absolute Gasteiger partial charge is 0.310 e. The van der Waals surface area contributed by atoms with Gasteiger partial charge in [-0.2, -0.15) is 0 Å². The maximum absolute atomic E-state index is 12.1. The summed E-state index contributed by atoms with van der Waals surface area (Å²) in [5, 5.41) is 11.5. The topological polar surface area (TPSA) is 113 Å². The number of carbonyl (C=O) groups excluding carboxylic acids is 1. The third-order valence-electron chi connectivity index (χ3n) is 3.05. The number of carboxylic acid groups (broad SMARTS) is 1. The number of benzene rings is 1. The highest BCUT2D eigenvalue weighted by Gasteiger charge is 2.30. The molecule has 0 saturated heterocycles. The van der Waals surface area contributed by atoms with E-state index in [0.717, 1.165) is 6.26 Å². The van der Waals surface area contributed by atoms with Gasteiger partial charge in [0, 0.05) is 5.69 Å². The fraction of sp³-hybridized carbons (Fsp3) is 0.429. The number of hydrogen-bond donors (Lipinski definition) is 3. The van der Waals surface area contributed by atoms with E-state index in [2.05, 4.69) is 10.0 Å². The van der Waals surface area contributed by atoms with E-state index in [1.165, 1.54) is 13.8 Å². The summed E-state index contributed by atoms with van der Waals surface area (Å²) in [6.07, 6.45) is 0.976. The van der Waals surface area contributed by atoms with Gasteiger partial charge in [-0.15, -0.1) is 0 Å². The molecule has 3 N–H and O–H groups in total. The number of amides is 1. The zero-order valence-corrected chi connectivity index (χ0v) is 13.7. The molecule has 0 saturated carbocycles. The van der Waals surface area contributed by atoms with E-state index >= 15 is 0 Å². The molecule has 22 heavy (non-hydrogen) atoms. The Labute approximate surface area is 129 Å². The summed E-state index contributed by atoms with van der Waals surface area (Å²) in [6.45, 7) is 4.46. The molecule has 122 valence electrons. The first-order valence-electron chi connectivity index (χ1n) is 6.55. The number of carboxylic acids is 1. The van der Waals surface area contributed by atoms with Crippen LogP contribution in [0.5, 0.6) is 0 Å². The van der Waals surface area contributed by atoms with E-state index in [0.29, 0.717) is 11.3 Å². The number of carbonyl (C=O) groups is 2. The van der Waals surface area contributed by atoms with E-state index in [-0.39, 0.29) is 0 Å². The molecule has 0 spiro atoms. The van der Waals surface area contributed by atoms with Gasteiger partial charge >= 0.3 is 5.97 Å². The summed E-state index contributed by atoms with van der Waals surface area (Å²) in [6, 6.07) is 6.35. The van der Waals surface area contributed by atoms with Crippen molar-refractivity contribution in [2.24, 2.45) is 0 Å². The van der Waals surface area contributed by atoms with Crippen LogP contribution in [0.15, 0.2) is 24.3 Å². The third kappa shape index (κ3) is 5.12. The minimum atomic E-state index is -3.52. The lowest BCUT2D eigenvalue weighted by Gasteiger charge is -2.24. The van der Waals surface area contributed by atoms with Crippen LogP contribution in [-0.4, -0.2) is 37.2 Å². The van der Waals surface area contributed by atoms with Crippen molar-refractivity contribution in [1.82, 2.24) is 4.72 Å². The highest BCUT2D eigenvalue weighted by molar-refractivity contribution is 7.88. The summed E-state index contributed by atoms with van der Waals surface area (Å²) in [5.74, 6) is -2.10. The van der Waals surface area contributed by atoms with Gasteiger partial charge in [-0.3, -0.25) is 9.59 Å². The molecular weight excluding hydrogens is 308 g/mol. The van der Waals surface area contributed by atoms with Crippen molar-refractivity contribution in [3.8, 4) is 0 Å². The molecular formula is C14H20N2O5S. The first-order valence-corrected chi connectivity index (χ1v) is 8.45. The van der Waals surface area contributed by atoms with Crippen LogP contribution in [0.4, 0.5) is 5.69 Å². The Hall–Kier alpha value is -1.93. The lowest BCUT2D eigenvalue weighted by Crippen LogP contribution is -2.51. The van der Waals surface area contributed by atoms with E-state index in [4.69, 9.17) is 5.11 Å². The second-order valence-corrected chi connectivity index (χ2v) is 7.38.